The highest BCUT2D eigenvalue weighted by Gasteiger charge is 2.23. The number of rotatable bonds is 1. The molecule has 86 valence electrons. The average molecular weight is 259 g/mol. The third kappa shape index (κ3) is 2.20. The molecular weight excluding hydrogens is 248 g/mol. The van der Waals surface area contributed by atoms with Crippen LogP contribution in [0.25, 0.3) is 0 Å². The summed E-state index contributed by atoms with van der Waals surface area (Å²) in [5, 5.41) is 14.1. The van der Waals surface area contributed by atoms with Crippen molar-refractivity contribution in [2.75, 3.05) is 13.1 Å². The predicted octanol–water partition coefficient (Wildman–Crippen LogP) is 2.47. The lowest BCUT2D eigenvalue weighted by molar-refractivity contribution is 0.0759. The maximum atomic E-state index is 12.0. The number of oxime groups is 1. The van der Waals surface area contributed by atoms with Crippen molar-refractivity contribution in [1.82, 2.24) is 4.90 Å². The van der Waals surface area contributed by atoms with Gasteiger partial charge in [-0.25, -0.2) is 0 Å². The normalized spacial score (nSPS) is 16.3. The number of carbonyl (C=O) groups is 1. The lowest BCUT2D eigenvalue weighted by Crippen LogP contribution is -2.38. The van der Waals surface area contributed by atoms with E-state index in [4.69, 9.17) is 16.8 Å². The van der Waals surface area contributed by atoms with Crippen molar-refractivity contribution in [1.29, 1.82) is 0 Å². The minimum Gasteiger partial charge on any atom is -0.411 e. The number of hydrogen-bond donors (Lipinski definition) is 1. The number of likely N-dealkylation sites (tertiary alicyclic amines) is 1. The van der Waals surface area contributed by atoms with Gasteiger partial charge in [0.2, 0.25) is 0 Å². The molecule has 1 aliphatic heterocycles. The van der Waals surface area contributed by atoms with E-state index >= 15 is 0 Å². The molecule has 0 atom stereocenters. The van der Waals surface area contributed by atoms with Gasteiger partial charge in [0.15, 0.2) is 0 Å². The van der Waals surface area contributed by atoms with Crippen molar-refractivity contribution in [2.45, 2.75) is 12.8 Å². The molecule has 1 aromatic rings. The predicted molar refractivity (Wildman–Crippen MR) is 63.7 cm³/mol. The molecule has 6 heteroatoms. The average Bonchev–Trinajstić information content (AvgIpc) is 2.75. The summed E-state index contributed by atoms with van der Waals surface area (Å²) in [4.78, 5) is 14.4. The summed E-state index contributed by atoms with van der Waals surface area (Å²) in [7, 11) is 0. The molecule has 1 N–H and O–H groups in total. The topological polar surface area (TPSA) is 52.9 Å². The van der Waals surface area contributed by atoms with Gasteiger partial charge in [0.05, 0.1) is 10.7 Å². The van der Waals surface area contributed by atoms with Crippen LogP contribution in [0.4, 0.5) is 0 Å². The van der Waals surface area contributed by atoms with E-state index < -0.39 is 0 Å². The van der Waals surface area contributed by atoms with Gasteiger partial charge in [0.25, 0.3) is 5.91 Å². The van der Waals surface area contributed by atoms with E-state index in [0.717, 1.165) is 5.71 Å². The number of thiophene rings is 1. The summed E-state index contributed by atoms with van der Waals surface area (Å²) < 4.78 is 0. The summed E-state index contributed by atoms with van der Waals surface area (Å²) in [6.45, 7) is 1.18. The van der Waals surface area contributed by atoms with Crippen LogP contribution in [0.15, 0.2) is 16.6 Å². The third-order valence-electron chi connectivity index (χ3n) is 2.58. The first-order valence-corrected chi connectivity index (χ1v) is 6.20. The standard InChI is InChI=1S/C10H11ClN2O2S/c11-8-3-6-16-9(8)10(14)13-4-1-7(12-15)2-5-13/h3,6,15H,1-2,4-5H2. The Morgan fingerprint density at radius 1 is 1.50 bits per heavy atom. The van der Waals surface area contributed by atoms with Gasteiger partial charge < -0.3 is 10.1 Å². The number of carbonyl (C=O) groups excluding carboxylic acids is 1. The molecule has 0 radical (unpaired) electrons. The van der Waals surface area contributed by atoms with Gasteiger partial charge in [0.1, 0.15) is 4.88 Å². The van der Waals surface area contributed by atoms with E-state index in [1.807, 2.05) is 0 Å². The zero-order chi connectivity index (χ0) is 11.5. The molecule has 0 unspecified atom stereocenters. The molecule has 0 saturated carbocycles. The van der Waals surface area contributed by atoms with E-state index in [2.05, 4.69) is 5.16 Å². The van der Waals surface area contributed by atoms with Gasteiger partial charge in [-0.1, -0.05) is 16.8 Å². The van der Waals surface area contributed by atoms with Crippen molar-refractivity contribution < 1.29 is 10.0 Å². The molecule has 0 bridgehead atoms. The summed E-state index contributed by atoms with van der Waals surface area (Å²) in [5.41, 5.74) is 0.751. The number of halogens is 1. The van der Waals surface area contributed by atoms with Gasteiger partial charge in [0, 0.05) is 25.9 Å². The van der Waals surface area contributed by atoms with Crippen molar-refractivity contribution in [3.63, 3.8) is 0 Å². The van der Waals surface area contributed by atoms with Crippen LogP contribution in [-0.4, -0.2) is 34.8 Å². The Hall–Kier alpha value is -1.07. The Kier molecular flexibility index (Phi) is 3.46. The van der Waals surface area contributed by atoms with Crippen molar-refractivity contribution >= 4 is 34.6 Å². The molecule has 2 rings (SSSR count). The number of hydrogen-bond acceptors (Lipinski definition) is 4. The molecule has 4 nitrogen and oxygen atoms in total. The zero-order valence-electron chi connectivity index (χ0n) is 8.52. The minimum atomic E-state index is -0.0306. The maximum Gasteiger partial charge on any atom is 0.265 e. The highest BCUT2D eigenvalue weighted by Crippen LogP contribution is 2.24. The first-order chi connectivity index (χ1) is 7.72. The molecule has 1 aliphatic rings. The molecule has 2 heterocycles. The summed E-state index contributed by atoms with van der Waals surface area (Å²) in [6, 6.07) is 1.73. The fraction of sp³-hybridized carbons (Fsp3) is 0.400. The maximum absolute atomic E-state index is 12.0. The van der Waals surface area contributed by atoms with Gasteiger partial charge in [-0.2, -0.15) is 0 Å². The van der Waals surface area contributed by atoms with Crippen LogP contribution in [-0.2, 0) is 0 Å². The van der Waals surface area contributed by atoms with Crippen molar-refractivity contribution in [3.8, 4) is 0 Å². The quantitative estimate of drug-likeness (QED) is 0.621. The summed E-state index contributed by atoms with van der Waals surface area (Å²) in [6.07, 6.45) is 1.26. The molecule has 16 heavy (non-hydrogen) atoms. The second-order valence-corrected chi connectivity index (χ2v) is 4.88. The van der Waals surface area contributed by atoms with E-state index in [9.17, 15) is 4.79 Å². The fourth-order valence-corrected chi connectivity index (χ4v) is 2.76. The van der Waals surface area contributed by atoms with E-state index in [1.54, 1.807) is 16.3 Å². The third-order valence-corrected chi connectivity index (χ3v) is 3.91. The van der Waals surface area contributed by atoms with E-state index in [-0.39, 0.29) is 5.91 Å². The zero-order valence-corrected chi connectivity index (χ0v) is 10.1. The number of amides is 1. The van der Waals surface area contributed by atoms with Crippen molar-refractivity contribution in [3.05, 3.63) is 21.3 Å². The molecule has 1 saturated heterocycles. The number of piperidine rings is 1. The lowest BCUT2D eigenvalue weighted by atomic mass is 10.1. The SMILES string of the molecule is O=C(c1sccc1Cl)N1CCC(=NO)CC1. The van der Waals surface area contributed by atoms with Crippen molar-refractivity contribution in [2.24, 2.45) is 5.16 Å². The molecule has 1 amide bonds. The van der Waals surface area contributed by atoms with Crippen LogP contribution < -0.4 is 0 Å². The summed E-state index contributed by atoms with van der Waals surface area (Å²) in [5.74, 6) is -0.0306. The summed E-state index contributed by atoms with van der Waals surface area (Å²) >= 11 is 7.26. The van der Waals surface area contributed by atoms with Crippen LogP contribution >= 0.6 is 22.9 Å². The highest BCUT2D eigenvalue weighted by atomic mass is 35.5. The van der Waals surface area contributed by atoms with Gasteiger partial charge in [-0.3, -0.25) is 4.79 Å². The Bertz CT molecular complexity index is 420. The Balaban J connectivity index is 2.05. The highest BCUT2D eigenvalue weighted by molar-refractivity contribution is 7.12. The van der Waals surface area contributed by atoms with Gasteiger partial charge in [-0.05, 0) is 11.4 Å². The second-order valence-electron chi connectivity index (χ2n) is 3.56. The second kappa shape index (κ2) is 4.84. The lowest BCUT2D eigenvalue weighted by Gasteiger charge is -2.26. The van der Waals surface area contributed by atoms with E-state index in [0.29, 0.717) is 35.8 Å². The Morgan fingerprint density at radius 3 is 2.69 bits per heavy atom. The van der Waals surface area contributed by atoms with Crippen LogP contribution in [0.1, 0.15) is 22.5 Å². The van der Waals surface area contributed by atoms with Crippen LogP contribution in [0.2, 0.25) is 5.02 Å². The van der Waals surface area contributed by atoms with Gasteiger partial charge >= 0.3 is 0 Å². The molecular formula is C10H11ClN2O2S. The minimum absolute atomic E-state index is 0.0306. The largest absolute Gasteiger partial charge is 0.411 e. The molecule has 0 aromatic carbocycles. The van der Waals surface area contributed by atoms with Crippen LogP contribution in [0, 0.1) is 0 Å². The van der Waals surface area contributed by atoms with E-state index in [1.165, 1.54) is 11.3 Å². The molecule has 1 aromatic heterocycles. The van der Waals surface area contributed by atoms with Crippen LogP contribution in [0.5, 0.6) is 0 Å². The van der Waals surface area contributed by atoms with Crippen LogP contribution in [0.3, 0.4) is 0 Å². The smallest absolute Gasteiger partial charge is 0.265 e. The number of nitrogens with zero attached hydrogens (tertiary/aromatic N) is 2. The first kappa shape index (κ1) is 11.4. The molecule has 0 aliphatic carbocycles. The first-order valence-electron chi connectivity index (χ1n) is 4.94. The molecule has 0 spiro atoms. The monoisotopic (exact) mass is 258 g/mol. The molecule has 1 fully saturated rings. The Morgan fingerprint density at radius 2 is 2.19 bits per heavy atom. The fourth-order valence-electron chi connectivity index (χ4n) is 1.66. The van der Waals surface area contributed by atoms with Gasteiger partial charge in [-0.15, -0.1) is 11.3 Å². The Labute approximate surface area is 102 Å².